The summed E-state index contributed by atoms with van der Waals surface area (Å²) in [5.41, 5.74) is 7.48. The molecule has 1 aliphatic heterocycles. The van der Waals surface area contributed by atoms with E-state index >= 15 is 0 Å². The van der Waals surface area contributed by atoms with Crippen LogP contribution in [0.3, 0.4) is 0 Å². The summed E-state index contributed by atoms with van der Waals surface area (Å²) in [5.74, 6) is 1.77. The van der Waals surface area contributed by atoms with Gasteiger partial charge in [0.25, 0.3) is 11.5 Å². The van der Waals surface area contributed by atoms with Crippen molar-refractivity contribution >= 4 is 16.8 Å². The first-order valence-electron chi connectivity index (χ1n) is 11.2. The normalized spacial score (nSPS) is 29.1. The summed E-state index contributed by atoms with van der Waals surface area (Å²) < 4.78 is 1.82. The second-order valence-corrected chi connectivity index (χ2v) is 9.21. The van der Waals surface area contributed by atoms with Gasteiger partial charge in [0, 0.05) is 30.6 Å². The summed E-state index contributed by atoms with van der Waals surface area (Å²) in [4.78, 5) is 30.7. The number of nitrogens with one attached hydrogen (secondary N) is 1. The van der Waals surface area contributed by atoms with Crippen LogP contribution in [0.4, 0.5) is 0 Å². The molecule has 0 radical (unpaired) electrons. The van der Waals surface area contributed by atoms with E-state index in [4.69, 9.17) is 10.7 Å². The number of rotatable bonds is 2. The molecule has 3 aliphatic rings. The highest BCUT2D eigenvalue weighted by molar-refractivity contribution is 5.97. The molecule has 29 heavy (non-hydrogen) atoms. The summed E-state index contributed by atoms with van der Waals surface area (Å²) in [6, 6.07) is 5.83. The maximum absolute atomic E-state index is 13.0. The van der Waals surface area contributed by atoms with Gasteiger partial charge < -0.3 is 11.1 Å². The molecule has 3 N–H and O–H groups in total. The minimum Gasteiger partial charge on any atom is -0.349 e. The van der Waals surface area contributed by atoms with Crippen LogP contribution in [-0.2, 0) is 13.0 Å². The van der Waals surface area contributed by atoms with Crippen molar-refractivity contribution in [3.05, 3.63) is 39.9 Å². The van der Waals surface area contributed by atoms with Crippen molar-refractivity contribution in [2.45, 2.75) is 76.4 Å². The molecule has 6 heteroatoms. The minimum atomic E-state index is -0.0545. The van der Waals surface area contributed by atoms with Gasteiger partial charge in [-0.1, -0.05) is 12.8 Å². The van der Waals surface area contributed by atoms with Crippen molar-refractivity contribution < 1.29 is 4.79 Å². The fraction of sp³-hybridized carbons (Fsp3) is 0.609. The first-order chi connectivity index (χ1) is 14.1. The number of nitrogens with zero attached hydrogens (tertiary/aromatic N) is 2. The number of carbonyl (C=O) groups excluding carboxylic acids is 1. The van der Waals surface area contributed by atoms with Crippen molar-refractivity contribution in [3.63, 3.8) is 0 Å². The number of amides is 1. The van der Waals surface area contributed by atoms with E-state index in [-0.39, 0.29) is 23.6 Å². The fourth-order valence-electron chi connectivity index (χ4n) is 5.82. The number of hydrogen-bond acceptors (Lipinski definition) is 4. The van der Waals surface area contributed by atoms with E-state index < -0.39 is 0 Å². The molecule has 0 saturated heterocycles. The summed E-state index contributed by atoms with van der Waals surface area (Å²) in [7, 11) is 0. The minimum absolute atomic E-state index is 0.0228. The van der Waals surface area contributed by atoms with Crippen LogP contribution < -0.4 is 16.6 Å². The lowest BCUT2D eigenvalue weighted by molar-refractivity contribution is 0.0756. The van der Waals surface area contributed by atoms with Gasteiger partial charge in [0.2, 0.25) is 0 Å². The molecule has 2 fully saturated rings. The molecule has 2 bridgehead atoms. The molecule has 5 rings (SSSR count). The zero-order valence-electron chi connectivity index (χ0n) is 16.9. The van der Waals surface area contributed by atoms with Crippen LogP contribution in [0.15, 0.2) is 23.0 Å². The van der Waals surface area contributed by atoms with E-state index in [0.29, 0.717) is 28.3 Å². The van der Waals surface area contributed by atoms with Crippen LogP contribution >= 0.6 is 0 Å². The molecule has 2 aromatic rings. The maximum atomic E-state index is 13.0. The number of benzene rings is 1. The quantitative estimate of drug-likeness (QED) is 0.820. The highest BCUT2D eigenvalue weighted by atomic mass is 16.1. The number of fused-ring (bicyclic) bond motifs is 4. The molecule has 154 valence electrons. The third-order valence-corrected chi connectivity index (χ3v) is 7.25. The number of aromatic nitrogens is 2. The lowest BCUT2D eigenvalue weighted by Gasteiger charge is -2.45. The van der Waals surface area contributed by atoms with Crippen LogP contribution in [0.25, 0.3) is 10.9 Å². The predicted octanol–water partition coefficient (Wildman–Crippen LogP) is 2.76. The van der Waals surface area contributed by atoms with Gasteiger partial charge in [-0.25, -0.2) is 4.98 Å². The Bertz CT molecular complexity index is 984. The molecule has 2 atom stereocenters. The first kappa shape index (κ1) is 18.8. The largest absolute Gasteiger partial charge is 0.349 e. The maximum Gasteiger partial charge on any atom is 0.261 e. The molecule has 1 aromatic heterocycles. The molecule has 2 unspecified atom stereocenters. The fourth-order valence-corrected chi connectivity index (χ4v) is 5.82. The molecule has 1 aromatic carbocycles. The van der Waals surface area contributed by atoms with Gasteiger partial charge in [0.05, 0.1) is 10.9 Å². The van der Waals surface area contributed by atoms with E-state index in [2.05, 4.69) is 5.32 Å². The van der Waals surface area contributed by atoms with Crippen molar-refractivity contribution in [1.29, 1.82) is 0 Å². The highest BCUT2D eigenvalue weighted by Crippen LogP contribution is 2.39. The zero-order valence-corrected chi connectivity index (χ0v) is 16.9. The third kappa shape index (κ3) is 3.48. The smallest absolute Gasteiger partial charge is 0.261 e. The Hall–Kier alpha value is -2.21. The van der Waals surface area contributed by atoms with E-state index in [1.54, 1.807) is 18.2 Å². The Morgan fingerprint density at radius 1 is 1.10 bits per heavy atom. The van der Waals surface area contributed by atoms with Gasteiger partial charge in [0.15, 0.2) is 0 Å². The molecular formula is C23H30N4O2. The van der Waals surface area contributed by atoms with Gasteiger partial charge in [-0.2, -0.15) is 0 Å². The third-order valence-electron chi connectivity index (χ3n) is 7.25. The highest BCUT2D eigenvalue weighted by Gasteiger charge is 2.40. The summed E-state index contributed by atoms with van der Waals surface area (Å²) >= 11 is 0. The van der Waals surface area contributed by atoms with Crippen molar-refractivity contribution in [1.82, 2.24) is 14.9 Å². The molecule has 0 spiro atoms. The number of aryl methyl sites for hydroxylation is 1. The van der Waals surface area contributed by atoms with Crippen LogP contribution in [0, 0.1) is 11.8 Å². The SMILES string of the molecule is NC1CC2CCCC(C1)C2NC(=O)c1ccc2c(=O)n3c(nc2c1)CCCCC3. The summed E-state index contributed by atoms with van der Waals surface area (Å²) in [6.07, 6.45) is 9.58. The molecule has 2 heterocycles. The Balaban J connectivity index is 1.43. The van der Waals surface area contributed by atoms with Crippen LogP contribution in [-0.4, -0.2) is 27.5 Å². The van der Waals surface area contributed by atoms with E-state index in [1.165, 1.54) is 6.42 Å². The van der Waals surface area contributed by atoms with Gasteiger partial charge in [-0.15, -0.1) is 0 Å². The number of carbonyl (C=O) groups is 1. The molecule has 2 saturated carbocycles. The molecular weight excluding hydrogens is 364 g/mol. The van der Waals surface area contributed by atoms with E-state index in [0.717, 1.165) is 63.7 Å². The second-order valence-electron chi connectivity index (χ2n) is 9.21. The second kappa shape index (κ2) is 7.56. The van der Waals surface area contributed by atoms with Gasteiger partial charge in [0.1, 0.15) is 5.82 Å². The van der Waals surface area contributed by atoms with Crippen LogP contribution in [0.2, 0.25) is 0 Å². The van der Waals surface area contributed by atoms with Crippen LogP contribution in [0.5, 0.6) is 0 Å². The van der Waals surface area contributed by atoms with Gasteiger partial charge in [-0.05, 0) is 68.6 Å². The summed E-state index contributed by atoms with van der Waals surface area (Å²) in [5, 5.41) is 3.91. The lowest BCUT2D eigenvalue weighted by atomic mass is 9.67. The van der Waals surface area contributed by atoms with Crippen molar-refractivity contribution in [2.24, 2.45) is 17.6 Å². The Morgan fingerprint density at radius 2 is 1.90 bits per heavy atom. The van der Waals surface area contributed by atoms with Crippen molar-refractivity contribution in [2.75, 3.05) is 0 Å². The summed E-state index contributed by atoms with van der Waals surface area (Å²) in [6.45, 7) is 0.742. The molecule has 1 amide bonds. The topological polar surface area (TPSA) is 90.0 Å². The number of hydrogen-bond donors (Lipinski definition) is 2. The van der Waals surface area contributed by atoms with E-state index in [9.17, 15) is 9.59 Å². The van der Waals surface area contributed by atoms with Gasteiger partial charge in [-0.3, -0.25) is 14.2 Å². The predicted molar refractivity (Wildman–Crippen MR) is 113 cm³/mol. The average Bonchev–Trinajstić information content (AvgIpc) is 2.94. The molecule has 6 nitrogen and oxygen atoms in total. The first-order valence-corrected chi connectivity index (χ1v) is 11.2. The van der Waals surface area contributed by atoms with Crippen molar-refractivity contribution in [3.8, 4) is 0 Å². The standard InChI is InChI=1S/C23H30N4O2/c24-17-11-14-5-4-6-15(12-17)21(14)26-22(28)16-8-9-18-19(13-16)25-20-7-2-1-3-10-27(20)23(18)29/h8-9,13-15,17,21H,1-7,10-12,24H2,(H,26,28). The number of nitrogens with two attached hydrogens (primary N) is 1. The Morgan fingerprint density at radius 3 is 2.69 bits per heavy atom. The van der Waals surface area contributed by atoms with E-state index in [1.807, 2.05) is 4.57 Å². The lowest BCUT2D eigenvalue weighted by Crippen LogP contribution is -2.53. The Labute approximate surface area is 170 Å². The van der Waals surface area contributed by atoms with Crippen LogP contribution in [0.1, 0.15) is 67.5 Å². The monoisotopic (exact) mass is 394 g/mol. The average molecular weight is 395 g/mol. The zero-order chi connectivity index (χ0) is 20.0. The van der Waals surface area contributed by atoms with Gasteiger partial charge >= 0.3 is 0 Å². The molecule has 2 aliphatic carbocycles. The Kier molecular flexibility index (Phi) is 4.90.